The summed E-state index contributed by atoms with van der Waals surface area (Å²) in [7, 11) is 0. The monoisotopic (exact) mass is 237 g/mol. The Hall–Kier alpha value is 0.270. The maximum absolute atomic E-state index is 5.62. The minimum Gasteiger partial charge on any atom is -0.243 e. The van der Waals surface area contributed by atoms with Crippen LogP contribution in [0.25, 0.3) is 0 Å². The van der Waals surface area contributed by atoms with Crippen LogP contribution < -0.4 is 0 Å². The van der Waals surface area contributed by atoms with E-state index in [4.69, 9.17) is 11.6 Å². The number of aromatic nitrogens is 1. The molecule has 0 saturated heterocycles. The van der Waals surface area contributed by atoms with E-state index in [0.29, 0.717) is 5.15 Å². The Bertz CT molecular complexity index is 241. The molecule has 0 fully saturated rings. The highest BCUT2D eigenvalue weighted by Gasteiger charge is 1.98. The second-order valence-corrected chi connectivity index (χ2v) is 3.73. The summed E-state index contributed by atoms with van der Waals surface area (Å²) in [5.41, 5.74) is 0. The normalized spacial score (nSPS) is 9.90. The van der Waals surface area contributed by atoms with Crippen molar-refractivity contribution in [1.29, 1.82) is 0 Å². The quantitative estimate of drug-likeness (QED) is 0.550. The smallest absolute Gasteiger partial charge is 0.130 e. The fraction of sp³-hybridized carbons (Fsp3) is 0.167. The van der Waals surface area contributed by atoms with Crippen molar-refractivity contribution in [1.82, 2.24) is 4.98 Å². The third-order valence-corrected chi connectivity index (χ3v) is 2.90. The van der Waals surface area contributed by atoms with Crippen molar-refractivity contribution in [2.75, 3.05) is 6.26 Å². The van der Waals surface area contributed by atoms with Crippen molar-refractivity contribution in [3.05, 3.63) is 21.9 Å². The molecule has 0 N–H and O–H groups in total. The lowest BCUT2D eigenvalue weighted by Gasteiger charge is -1.97. The van der Waals surface area contributed by atoms with Crippen LogP contribution in [0.15, 0.2) is 21.6 Å². The number of hydrogen-bond donors (Lipinski definition) is 0. The van der Waals surface area contributed by atoms with E-state index >= 15 is 0 Å². The zero-order chi connectivity index (χ0) is 7.56. The Morgan fingerprint density at radius 2 is 2.40 bits per heavy atom. The van der Waals surface area contributed by atoms with Crippen LogP contribution in [0.4, 0.5) is 0 Å². The van der Waals surface area contributed by atoms with Crippen molar-refractivity contribution < 1.29 is 0 Å². The molecular formula is C6H5BrClNS. The van der Waals surface area contributed by atoms with Crippen molar-refractivity contribution in [3.8, 4) is 0 Å². The molecule has 0 saturated carbocycles. The average molecular weight is 239 g/mol. The molecule has 1 rings (SSSR count). The first kappa shape index (κ1) is 8.37. The Morgan fingerprint density at radius 3 is 2.90 bits per heavy atom. The van der Waals surface area contributed by atoms with E-state index in [2.05, 4.69) is 20.9 Å². The minimum absolute atomic E-state index is 0.518. The van der Waals surface area contributed by atoms with Gasteiger partial charge in [-0.15, -0.1) is 11.8 Å². The maximum Gasteiger partial charge on any atom is 0.130 e. The molecule has 0 spiro atoms. The number of nitrogens with zero attached hydrogens (tertiary/aromatic N) is 1. The molecule has 4 heteroatoms. The summed E-state index contributed by atoms with van der Waals surface area (Å²) in [5.74, 6) is 0. The Balaban J connectivity index is 3.07. The molecule has 10 heavy (non-hydrogen) atoms. The topological polar surface area (TPSA) is 12.9 Å². The molecule has 0 unspecified atom stereocenters. The molecule has 0 aliphatic rings. The van der Waals surface area contributed by atoms with Gasteiger partial charge in [-0.1, -0.05) is 11.6 Å². The highest BCUT2D eigenvalue weighted by Crippen LogP contribution is 2.26. The summed E-state index contributed by atoms with van der Waals surface area (Å²) >= 11 is 10.6. The average Bonchev–Trinajstić information content (AvgIpc) is 1.88. The van der Waals surface area contributed by atoms with Crippen molar-refractivity contribution in [2.24, 2.45) is 0 Å². The van der Waals surface area contributed by atoms with Crippen LogP contribution in [0, 0.1) is 0 Å². The van der Waals surface area contributed by atoms with Gasteiger partial charge < -0.3 is 0 Å². The van der Waals surface area contributed by atoms with Crippen LogP contribution in [0.5, 0.6) is 0 Å². The third kappa shape index (κ3) is 1.87. The molecule has 0 atom stereocenters. The Morgan fingerprint density at radius 1 is 1.70 bits per heavy atom. The SMILES string of the molecule is CSc1cnc(Cl)cc1Br. The van der Waals surface area contributed by atoms with E-state index < -0.39 is 0 Å². The molecule has 0 amide bonds. The number of pyridine rings is 1. The van der Waals surface area contributed by atoms with E-state index in [1.54, 1.807) is 24.0 Å². The minimum atomic E-state index is 0.518. The van der Waals surface area contributed by atoms with Gasteiger partial charge in [0.2, 0.25) is 0 Å². The number of rotatable bonds is 1. The maximum atomic E-state index is 5.62. The summed E-state index contributed by atoms with van der Waals surface area (Å²) in [6, 6.07) is 1.79. The lowest BCUT2D eigenvalue weighted by Crippen LogP contribution is -1.77. The molecule has 1 aromatic rings. The molecule has 0 aliphatic carbocycles. The number of thioether (sulfide) groups is 1. The van der Waals surface area contributed by atoms with Crippen LogP contribution in [-0.4, -0.2) is 11.2 Å². The molecule has 1 aromatic heterocycles. The second kappa shape index (κ2) is 3.60. The lowest BCUT2D eigenvalue weighted by atomic mass is 10.5. The molecule has 0 bridgehead atoms. The van der Waals surface area contributed by atoms with Crippen LogP contribution in [0.3, 0.4) is 0 Å². The third-order valence-electron chi connectivity index (χ3n) is 1.01. The zero-order valence-electron chi connectivity index (χ0n) is 5.27. The van der Waals surface area contributed by atoms with Gasteiger partial charge in [0.25, 0.3) is 0 Å². The van der Waals surface area contributed by atoms with E-state index in [1.165, 1.54) is 0 Å². The summed E-state index contributed by atoms with van der Waals surface area (Å²) < 4.78 is 1.00. The molecule has 0 aromatic carbocycles. The van der Waals surface area contributed by atoms with Crippen LogP contribution in [0.2, 0.25) is 5.15 Å². The van der Waals surface area contributed by atoms with Gasteiger partial charge in [0.05, 0.1) is 0 Å². The van der Waals surface area contributed by atoms with Crippen LogP contribution >= 0.6 is 39.3 Å². The van der Waals surface area contributed by atoms with E-state index in [-0.39, 0.29) is 0 Å². The van der Waals surface area contributed by atoms with Gasteiger partial charge in [0, 0.05) is 15.6 Å². The van der Waals surface area contributed by atoms with Crippen molar-refractivity contribution in [3.63, 3.8) is 0 Å². The molecular weight excluding hydrogens is 233 g/mol. The highest BCUT2D eigenvalue weighted by molar-refractivity contribution is 9.10. The molecule has 54 valence electrons. The van der Waals surface area contributed by atoms with Gasteiger partial charge in [-0.2, -0.15) is 0 Å². The van der Waals surface area contributed by atoms with Gasteiger partial charge in [0.15, 0.2) is 0 Å². The van der Waals surface area contributed by atoms with Gasteiger partial charge in [-0.3, -0.25) is 0 Å². The van der Waals surface area contributed by atoms with Gasteiger partial charge in [0.1, 0.15) is 5.15 Å². The lowest BCUT2D eigenvalue weighted by molar-refractivity contribution is 1.22. The summed E-state index contributed by atoms with van der Waals surface area (Å²) in [6.07, 6.45) is 3.74. The summed E-state index contributed by atoms with van der Waals surface area (Å²) in [4.78, 5) is 5.03. The van der Waals surface area contributed by atoms with Crippen molar-refractivity contribution in [2.45, 2.75) is 4.90 Å². The van der Waals surface area contributed by atoms with E-state index in [0.717, 1.165) is 9.37 Å². The molecule has 0 aliphatic heterocycles. The molecule has 0 radical (unpaired) electrons. The molecule has 1 heterocycles. The zero-order valence-corrected chi connectivity index (χ0v) is 8.42. The highest BCUT2D eigenvalue weighted by atomic mass is 79.9. The second-order valence-electron chi connectivity index (χ2n) is 1.64. The largest absolute Gasteiger partial charge is 0.243 e. The van der Waals surface area contributed by atoms with Crippen LogP contribution in [-0.2, 0) is 0 Å². The first-order valence-electron chi connectivity index (χ1n) is 2.59. The number of hydrogen-bond acceptors (Lipinski definition) is 2. The van der Waals surface area contributed by atoms with E-state index in [9.17, 15) is 0 Å². The Kier molecular flexibility index (Phi) is 3.01. The van der Waals surface area contributed by atoms with Gasteiger partial charge in [-0.25, -0.2) is 4.98 Å². The van der Waals surface area contributed by atoms with E-state index in [1.807, 2.05) is 6.26 Å². The predicted molar refractivity (Wildman–Crippen MR) is 48.7 cm³/mol. The summed E-state index contributed by atoms with van der Waals surface area (Å²) in [6.45, 7) is 0. The first-order chi connectivity index (χ1) is 4.74. The predicted octanol–water partition coefficient (Wildman–Crippen LogP) is 3.22. The molecule has 1 nitrogen and oxygen atoms in total. The fourth-order valence-electron chi connectivity index (χ4n) is 0.545. The van der Waals surface area contributed by atoms with Gasteiger partial charge >= 0.3 is 0 Å². The fourth-order valence-corrected chi connectivity index (χ4v) is 2.05. The number of halogens is 2. The standard InChI is InChI=1S/C6H5BrClNS/c1-10-5-3-9-6(8)2-4(5)7/h2-3H,1H3. The first-order valence-corrected chi connectivity index (χ1v) is 4.98. The summed E-state index contributed by atoms with van der Waals surface area (Å²) in [5, 5.41) is 0.518. The van der Waals surface area contributed by atoms with Crippen molar-refractivity contribution >= 4 is 39.3 Å². The van der Waals surface area contributed by atoms with Gasteiger partial charge in [-0.05, 0) is 28.3 Å². The van der Waals surface area contributed by atoms with Crippen LogP contribution in [0.1, 0.15) is 0 Å². The Labute approximate surface area is 77.3 Å².